The highest BCUT2D eigenvalue weighted by atomic mass is 127. The van der Waals surface area contributed by atoms with Gasteiger partial charge in [0, 0.05) is 10.1 Å². The fraction of sp³-hybridized carbons (Fsp3) is 0.500. The number of fused-ring (bicyclic) bond motifs is 1. The highest BCUT2D eigenvalue weighted by Gasteiger charge is 2.19. The number of rotatable bonds is 2. The summed E-state index contributed by atoms with van der Waals surface area (Å²) < 4.78 is 3.38. The van der Waals surface area contributed by atoms with E-state index in [1.807, 2.05) is 0 Å². The Morgan fingerprint density at radius 3 is 2.84 bits per heavy atom. The molecule has 1 aliphatic heterocycles. The Kier molecular flexibility index (Phi) is 3.66. The molecule has 2 heterocycles. The lowest BCUT2D eigenvalue weighted by molar-refractivity contribution is 0.206. The lowest BCUT2D eigenvalue weighted by Gasteiger charge is -2.29. The molecule has 5 heteroatoms. The minimum absolute atomic E-state index is 0.649. The molecule has 0 spiro atoms. The standard InChI is InChI=1S/C14H19IN4/c1-18-6-4-10(5-7-18)9-19-13-3-2-11(15)8-12(13)17-14(19)16/h2-3,8,10H,4-7,9H2,1H3,(H2,16,17). The predicted octanol–water partition coefficient (Wildman–Crippen LogP) is 2.56. The molecule has 102 valence electrons. The van der Waals surface area contributed by atoms with Gasteiger partial charge in [0.05, 0.1) is 11.0 Å². The van der Waals surface area contributed by atoms with Crippen molar-refractivity contribution < 1.29 is 0 Å². The number of nitrogens with zero attached hydrogens (tertiary/aromatic N) is 3. The molecular weight excluding hydrogens is 351 g/mol. The number of aromatic nitrogens is 2. The predicted molar refractivity (Wildman–Crippen MR) is 87.1 cm³/mol. The van der Waals surface area contributed by atoms with Crippen LogP contribution in [-0.4, -0.2) is 34.6 Å². The number of anilines is 1. The maximum absolute atomic E-state index is 6.09. The second-order valence-corrected chi connectivity index (χ2v) is 6.71. The van der Waals surface area contributed by atoms with Gasteiger partial charge in [0.2, 0.25) is 5.95 Å². The van der Waals surface area contributed by atoms with Crippen molar-refractivity contribution in [3.63, 3.8) is 0 Å². The molecule has 2 N–H and O–H groups in total. The van der Waals surface area contributed by atoms with E-state index in [2.05, 4.69) is 62.3 Å². The van der Waals surface area contributed by atoms with E-state index in [4.69, 9.17) is 5.73 Å². The normalized spacial score (nSPS) is 18.2. The van der Waals surface area contributed by atoms with Crippen molar-refractivity contribution in [1.82, 2.24) is 14.5 Å². The molecule has 0 aliphatic carbocycles. The van der Waals surface area contributed by atoms with Crippen LogP contribution < -0.4 is 5.73 Å². The molecule has 1 fully saturated rings. The summed E-state index contributed by atoms with van der Waals surface area (Å²) >= 11 is 2.31. The topological polar surface area (TPSA) is 47.1 Å². The summed E-state index contributed by atoms with van der Waals surface area (Å²) in [4.78, 5) is 6.88. The fourth-order valence-corrected chi connectivity index (χ4v) is 3.29. The van der Waals surface area contributed by atoms with E-state index in [0.717, 1.165) is 23.5 Å². The van der Waals surface area contributed by atoms with Crippen molar-refractivity contribution >= 4 is 39.6 Å². The summed E-state index contributed by atoms with van der Waals surface area (Å²) in [5.41, 5.74) is 8.26. The van der Waals surface area contributed by atoms with Crippen molar-refractivity contribution in [2.24, 2.45) is 5.92 Å². The molecule has 0 saturated carbocycles. The zero-order chi connectivity index (χ0) is 13.4. The van der Waals surface area contributed by atoms with Crippen LogP contribution in [0.5, 0.6) is 0 Å². The number of nitrogen functional groups attached to an aromatic ring is 1. The van der Waals surface area contributed by atoms with Crippen LogP contribution in [0.25, 0.3) is 11.0 Å². The van der Waals surface area contributed by atoms with Crippen LogP contribution in [0, 0.1) is 9.49 Å². The first-order valence-corrected chi connectivity index (χ1v) is 7.81. The van der Waals surface area contributed by atoms with Crippen LogP contribution in [0.15, 0.2) is 18.2 Å². The van der Waals surface area contributed by atoms with Gasteiger partial charge in [-0.2, -0.15) is 0 Å². The average Bonchev–Trinajstić information content (AvgIpc) is 2.68. The van der Waals surface area contributed by atoms with E-state index >= 15 is 0 Å². The first-order valence-electron chi connectivity index (χ1n) is 6.73. The zero-order valence-corrected chi connectivity index (χ0v) is 13.3. The Balaban J connectivity index is 1.86. The highest BCUT2D eigenvalue weighted by molar-refractivity contribution is 14.1. The van der Waals surface area contributed by atoms with Gasteiger partial charge in [0.25, 0.3) is 0 Å². The molecule has 1 aliphatic rings. The monoisotopic (exact) mass is 370 g/mol. The molecule has 0 unspecified atom stereocenters. The van der Waals surface area contributed by atoms with E-state index in [0.29, 0.717) is 5.95 Å². The molecule has 1 aromatic carbocycles. The lowest BCUT2D eigenvalue weighted by atomic mass is 9.97. The SMILES string of the molecule is CN1CCC(Cn2c(N)nc3cc(I)ccc32)CC1. The van der Waals surface area contributed by atoms with Crippen LogP contribution in [0.1, 0.15) is 12.8 Å². The number of hydrogen-bond donors (Lipinski definition) is 1. The van der Waals surface area contributed by atoms with Gasteiger partial charge in [-0.3, -0.25) is 0 Å². The van der Waals surface area contributed by atoms with Crippen molar-refractivity contribution in [3.8, 4) is 0 Å². The Hall–Kier alpha value is -0.820. The van der Waals surface area contributed by atoms with E-state index < -0.39 is 0 Å². The lowest BCUT2D eigenvalue weighted by Crippen LogP contribution is -2.32. The molecule has 0 atom stereocenters. The van der Waals surface area contributed by atoms with Crippen LogP contribution in [-0.2, 0) is 6.54 Å². The number of benzene rings is 1. The van der Waals surface area contributed by atoms with Gasteiger partial charge >= 0.3 is 0 Å². The first kappa shape index (κ1) is 13.2. The van der Waals surface area contributed by atoms with Crippen molar-refractivity contribution in [1.29, 1.82) is 0 Å². The number of imidazole rings is 1. The number of hydrogen-bond acceptors (Lipinski definition) is 3. The highest BCUT2D eigenvalue weighted by Crippen LogP contribution is 2.25. The number of piperidine rings is 1. The van der Waals surface area contributed by atoms with Crippen LogP contribution in [0.4, 0.5) is 5.95 Å². The maximum atomic E-state index is 6.09. The summed E-state index contributed by atoms with van der Waals surface area (Å²) in [5.74, 6) is 1.37. The van der Waals surface area contributed by atoms with Gasteiger partial charge < -0.3 is 15.2 Å². The zero-order valence-electron chi connectivity index (χ0n) is 11.1. The molecule has 1 aromatic heterocycles. The molecule has 19 heavy (non-hydrogen) atoms. The molecule has 1 saturated heterocycles. The van der Waals surface area contributed by atoms with E-state index in [1.54, 1.807) is 0 Å². The van der Waals surface area contributed by atoms with Gasteiger partial charge in [0.1, 0.15) is 0 Å². The summed E-state index contributed by atoms with van der Waals surface area (Å²) in [7, 11) is 2.19. The van der Waals surface area contributed by atoms with E-state index in [9.17, 15) is 0 Å². The Bertz CT molecular complexity index is 584. The number of halogens is 1. The molecular formula is C14H19IN4. The minimum Gasteiger partial charge on any atom is -0.369 e. The van der Waals surface area contributed by atoms with Crippen LogP contribution in [0.3, 0.4) is 0 Å². The van der Waals surface area contributed by atoms with Gasteiger partial charge in [0.15, 0.2) is 0 Å². The van der Waals surface area contributed by atoms with E-state index in [-0.39, 0.29) is 0 Å². The third-order valence-electron chi connectivity index (χ3n) is 4.02. The molecule has 3 rings (SSSR count). The van der Waals surface area contributed by atoms with Crippen molar-refractivity contribution in [3.05, 3.63) is 21.8 Å². The number of nitrogens with two attached hydrogens (primary N) is 1. The van der Waals surface area contributed by atoms with Crippen LogP contribution in [0.2, 0.25) is 0 Å². The smallest absolute Gasteiger partial charge is 0.201 e. The summed E-state index contributed by atoms with van der Waals surface area (Å²) in [6, 6.07) is 6.35. The summed E-state index contributed by atoms with van der Waals surface area (Å²) in [6.07, 6.45) is 2.50. The first-order chi connectivity index (χ1) is 9.13. The Morgan fingerprint density at radius 1 is 1.37 bits per heavy atom. The molecule has 2 aromatic rings. The van der Waals surface area contributed by atoms with Crippen LogP contribution >= 0.6 is 22.6 Å². The molecule has 0 bridgehead atoms. The van der Waals surface area contributed by atoms with Crippen molar-refractivity contribution in [2.45, 2.75) is 19.4 Å². The largest absolute Gasteiger partial charge is 0.369 e. The van der Waals surface area contributed by atoms with E-state index in [1.165, 1.54) is 29.5 Å². The second-order valence-electron chi connectivity index (χ2n) is 5.46. The van der Waals surface area contributed by atoms with Gasteiger partial charge in [-0.15, -0.1) is 0 Å². The van der Waals surface area contributed by atoms with Gasteiger partial charge in [-0.25, -0.2) is 4.98 Å². The van der Waals surface area contributed by atoms with Gasteiger partial charge in [-0.1, -0.05) is 0 Å². The number of likely N-dealkylation sites (tertiary alicyclic amines) is 1. The fourth-order valence-electron chi connectivity index (χ4n) is 2.82. The molecule has 0 radical (unpaired) electrons. The Labute approximate surface area is 127 Å². The quantitative estimate of drug-likeness (QED) is 0.827. The van der Waals surface area contributed by atoms with Crippen molar-refractivity contribution in [2.75, 3.05) is 25.9 Å². The minimum atomic E-state index is 0.649. The third-order valence-corrected chi connectivity index (χ3v) is 4.69. The second kappa shape index (κ2) is 5.28. The van der Waals surface area contributed by atoms with Gasteiger partial charge in [-0.05, 0) is 79.7 Å². The Morgan fingerprint density at radius 2 is 2.11 bits per heavy atom. The maximum Gasteiger partial charge on any atom is 0.201 e. The molecule has 4 nitrogen and oxygen atoms in total. The average molecular weight is 370 g/mol. The molecule has 0 amide bonds. The third kappa shape index (κ3) is 2.72. The summed E-state index contributed by atoms with van der Waals surface area (Å²) in [5, 5.41) is 0. The summed E-state index contributed by atoms with van der Waals surface area (Å²) in [6.45, 7) is 3.38.